The van der Waals surface area contributed by atoms with E-state index in [1.807, 2.05) is 18.2 Å². The van der Waals surface area contributed by atoms with Crippen molar-refractivity contribution in [2.24, 2.45) is 0 Å². The predicted octanol–water partition coefficient (Wildman–Crippen LogP) is 2.90. The molecule has 1 aromatic carbocycles. The number of methoxy groups -OCH3 is 1. The number of rotatable bonds is 7. The highest BCUT2D eigenvalue weighted by atomic mass is 32.2. The van der Waals surface area contributed by atoms with Gasteiger partial charge in [0.1, 0.15) is 11.5 Å². The van der Waals surface area contributed by atoms with E-state index in [0.717, 1.165) is 47.1 Å². The van der Waals surface area contributed by atoms with Gasteiger partial charge in [-0.05, 0) is 19.1 Å². The summed E-state index contributed by atoms with van der Waals surface area (Å²) in [5.74, 6) is 2.04. The lowest BCUT2D eigenvalue weighted by atomic mass is 10.2. The molecule has 0 spiro atoms. The fourth-order valence-electron chi connectivity index (χ4n) is 3.15. The minimum atomic E-state index is -0.157. The van der Waals surface area contributed by atoms with E-state index >= 15 is 0 Å². The number of benzene rings is 1. The average molecular weight is 447 g/mol. The molecule has 1 aliphatic rings. The van der Waals surface area contributed by atoms with Gasteiger partial charge >= 0.3 is 0 Å². The first kappa shape index (κ1) is 20.5. The van der Waals surface area contributed by atoms with Crippen LogP contribution in [-0.4, -0.2) is 60.3 Å². The standard InChI is InChI=1S/C19H22N6O3S2/c1-13-11-16(23-28-13)20-17(26)12-29-19-22-21-18(30-19)25-9-7-24(8-10-25)14-5-3-4-6-15(14)27-2/h3-6,11H,7-10,12H2,1-2H3,(H,20,23,26). The number of hydrogen-bond donors (Lipinski definition) is 1. The molecule has 1 amide bonds. The molecule has 1 fully saturated rings. The number of aromatic nitrogens is 3. The van der Waals surface area contributed by atoms with E-state index in [4.69, 9.17) is 9.26 Å². The number of carbonyl (C=O) groups excluding carboxylic acids is 1. The molecule has 0 saturated carbocycles. The number of nitrogens with zero attached hydrogens (tertiary/aromatic N) is 5. The molecule has 2 aromatic heterocycles. The maximum absolute atomic E-state index is 12.0. The molecule has 0 unspecified atom stereocenters. The first-order chi connectivity index (χ1) is 14.6. The Morgan fingerprint density at radius 1 is 1.23 bits per heavy atom. The number of amides is 1. The van der Waals surface area contributed by atoms with Gasteiger partial charge in [0.2, 0.25) is 11.0 Å². The molecule has 1 aliphatic heterocycles. The Morgan fingerprint density at radius 3 is 2.73 bits per heavy atom. The van der Waals surface area contributed by atoms with Gasteiger partial charge in [-0.2, -0.15) is 0 Å². The van der Waals surface area contributed by atoms with E-state index in [9.17, 15) is 4.79 Å². The largest absolute Gasteiger partial charge is 0.495 e. The molecule has 3 heterocycles. The third kappa shape index (κ3) is 4.85. The maximum atomic E-state index is 12.0. The van der Waals surface area contributed by atoms with Crippen molar-refractivity contribution < 1.29 is 14.1 Å². The number of hydrogen-bond acceptors (Lipinski definition) is 10. The second kappa shape index (κ2) is 9.35. The second-order valence-corrected chi connectivity index (χ2v) is 8.83. The first-order valence-corrected chi connectivity index (χ1v) is 11.2. The van der Waals surface area contributed by atoms with Crippen molar-refractivity contribution >= 4 is 45.6 Å². The molecule has 9 nitrogen and oxygen atoms in total. The summed E-state index contributed by atoms with van der Waals surface area (Å²) in [6, 6.07) is 9.75. The van der Waals surface area contributed by atoms with E-state index in [0.29, 0.717) is 11.6 Å². The van der Waals surface area contributed by atoms with Crippen LogP contribution in [0.4, 0.5) is 16.6 Å². The highest BCUT2D eigenvalue weighted by Gasteiger charge is 2.22. The molecule has 1 saturated heterocycles. The third-order valence-electron chi connectivity index (χ3n) is 4.59. The Hall–Kier alpha value is -2.79. The number of thioether (sulfide) groups is 1. The number of aryl methyl sites for hydroxylation is 1. The molecular weight excluding hydrogens is 424 g/mol. The molecule has 3 aromatic rings. The number of carbonyl (C=O) groups is 1. The van der Waals surface area contributed by atoms with Crippen LogP contribution in [0.1, 0.15) is 5.76 Å². The Balaban J connectivity index is 1.28. The number of nitrogens with one attached hydrogen (secondary N) is 1. The van der Waals surface area contributed by atoms with E-state index < -0.39 is 0 Å². The summed E-state index contributed by atoms with van der Waals surface area (Å²) in [5, 5.41) is 15.9. The summed E-state index contributed by atoms with van der Waals surface area (Å²) < 4.78 is 11.2. The van der Waals surface area contributed by atoms with E-state index in [1.54, 1.807) is 20.1 Å². The van der Waals surface area contributed by atoms with Crippen LogP contribution in [0.5, 0.6) is 5.75 Å². The van der Waals surface area contributed by atoms with E-state index in [1.165, 1.54) is 23.1 Å². The fourth-order valence-corrected chi connectivity index (χ4v) is 4.84. The van der Waals surface area contributed by atoms with Gasteiger partial charge in [-0.25, -0.2) is 0 Å². The molecule has 11 heteroatoms. The van der Waals surface area contributed by atoms with Gasteiger partial charge in [0.05, 0.1) is 18.6 Å². The summed E-state index contributed by atoms with van der Waals surface area (Å²) in [6.45, 7) is 5.23. The van der Waals surface area contributed by atoms with Crippen molar-refractivity contribution in [3.8, 4) is 5.75 Å². The molecule has 1 N–H and O–H groups in total. The van der Waals surface area contributed by atoms with E-state index in [-0.39, 0.29) is 11.7 Å². The van der Waals surface area contributed by atoms with Crippen LogP contribution in [0.3, 0.4) is 0 Å². The van der Waals surface area contributed by atoms with Crippen LogP contribution in [0.25, 0.3) is 0 Å². The van der Waals surface area contributed by atoms with E-state index in [2.05, 4.69) is 36.5 Å². The van der Waals surface area contributed by atoms with Crippen LogP contribution in [-0.2, 0) is 4.79 Å². The SMILES string of the molecule is COc1ccccc1N1CCN(c2nnc(SCC(=O)Nc3cc(C)on3)s2)CC1. The van der Waals surface area contributed by atoms with Crippen LogP contribution in [0.15, 0.2) is 39.2 Å². The van der Waals surface area contributed by atoms with Crippen molar-refractivity contribution in [3.63, 3.8) is 0 Å². The van der Waals surface area contributed by atoms with Gasteiger partial charge in [0.25, 0.3) is 0 Å². The number of piperazine rings is 1. The van der Waals surface area contributed by atoms with Crippen molar-refractivity contribution in [1.82, 2.24) is 15.4 Å². The quantitative estimate of drug-likeness (QED) is 0.550. The second-order valence-electron chi connectivity index (χ2n) is 6.66. The number of ether oxygens (including phenoxy) is 1. The topological polar surface area (TPSA) is 96.6 Å². The van der Waals surface area contributed by atoms with Crippen LogP contribution in [0.2, 0.25) is 0 Å². The van der Waals surface area contributed by atoms with Gasteiger partial charge in [0, 0.05) is 32.2 Å². The smallest absolute Gasteiger partial charge is 0.236 e. The molecule has 0 radical (unpaired) electrons. The van der Waals surface area contributed by atoms with Crippen molar-refractivity contribution in [1.29, 1.82) is 0 Å². The number of para-hydroxylation sites is 2. The van der Waals surface area contributed by atoms with Gasteiger partial charge in [0.15, 0.2) is 10.2 Å². The molecule has 0 atom stereocenters. The average Bonchev–Trinajstić information content (AvgIpc) is 3.41. The normalized spacial score (nSPS) is 14.1. The molecule has 4 rings (SSSR count). The molecular formula is C19H22N6O3S2. The summed E-state index contributed by atoms with van der Waals surface area (Å²) >= 11 is 2.87. The first-order valence-electron chi connectivity index (χ1n) is 9.45. The lowest BCUT2D eigenvalue weighted by Crippen LogP contribution is -2.46. The Kier molecular flexibility index (Phi) is 6.38. The van der Waals surface area contributed by atoms with Crippen molar-refractivity contribution in [3.05, 3.63) is 36.1 Å². The zero-order valence-corrected chi connectivity index (χ0v) is 18.3. The van der Waals surface area contributed by atoms with Crippen molar-refractivity contribution in [2.75, 3.05) is 54.2 Å². The van der Waals surface area contributed by atoms with Crippen LogP contribution >= 0.6 is 23.1 Å². The summed E-state index contributed by atoms with van der Waals surface area (Å²) in [4.78, 5) is 16.6. The summed E-state index contributed by atoms with van der Waals surface area (Å²) in [5.41, 5.74) is 1.11. The predicted molar refractivity (Wildman–Crippen MR) is 118 cm³/mol. The molecule has 0 bridgehead atoms. The zero-order chi connectivity index (χ0) is 20.9. The Morgan fingerprint density at radius 2 is 2.00 bits per heavy atom. The summed E-state index contributed by atoms with van der Waals surface area (Å²) in [7, 11) is 1.70. The molecule has 30 heavy (non-hydrogen) atoms. The monoisotopic (exact) mass is 446 g/mol. The number of anilines is 3. The zero-order valence-electron chi connectivity index (χ0n) is 16.7. The fraction of sp³-hybridized carbons (Fsp3) is 0.368. The highest BCUT2D eigenvalue weighted by molar-refractivity contribution is 8.01. The molecule has 158 valence electrons. The van der Waals surface area contributed by atoms with Gasteiger partial charge in [-0.3, -0.25) is 4.79 Å². The van der Waals surface area contributed by atoms with Gasteiger partial charge in [-0.15, -0.1) is 10.2 Å². The summed E-state index contributed by atoms with van der Waals surface area (Å²) in [6.07, 6.45) is 0. The lowest BCUT2D eigenvalue weighted by molar-refractivity contribution is -0.113. The lowest BCUT2D eigenvalue weighted by Gasteiger charge is -2.36. The minimum absolute atomic E-state index is 0.157. The third-order valence-corrected chi connectivity index (χ3v) is 6.71. The Labute approximate surface area is 182 Å². The van der Waals surface area contributed by atoms with Gasteiger partial charge < -0.3 is 24.4 Å². The van der Waals surface area contributed by atoms with Gasteiger partial charge in [-0.1, -0.05) is 40.4 Å². The van der Waals surface area contributed by atoms with Crippen molar-refractivity contribution in [2.45, 2.75) is 11.3 Å². The molecule has 0 aliphatic carbocycles. The van der Waals surface area contributed by atoms with Crippen LogP contribution in [0, 0.1) is 6.92 Å². The minimum Gasteiger partial charge on any atom is -0.495 e. The highest BCUT2D eigenvalue weighted by Crippen LogP contribution is 2.31. The maximum Gasteiger partial charge on any atom is 0.236 e. The Bertz CT molecular complexity index is 1000. The van der Waals surface area contributed by atoms with Crippen LogP contribution < -0.4 is 19.9 Å².